The number of ether oxygens (including phenoxy) is 2. The molecule has 4 aromatic heterocycles. The lowest BCUT2D eigenvalue weighted by Crippen LogP contribution is -2.31. The van der Waals surface area contributed by atoms with E-state index < -0.39 is 18.5 Å². The Morgan fingerprint density at radius 1 is 1.22 bits per heavy atom. The van der Waals surface area contributed by atoms with E-state index in [0.29, 0.717) is 59.7 Å². The molecule has 8 nitrogen and oxygen atoms in total. The molecule has 168 valence electrons. The van der Waals surface area contributed by atoms with Crippen LogP contribution in [0.3, 0.4) is 0 Å². The number of nitrogens with zero attached hydrogens (tertiary/aromatic N) is 4. The van der Waals surface area contributed by atoms with E-state index in [1.165, 1.54) is 19.4 Å². The third-order valence-electron chi connectivity index (χ3n) is 5.75. The number of H-pyrrole nitrogens is 1. The summed E-state index contributed by atoms with van der Waals surface area (Å²) in [6.07, 6.45) is 8.70. The van der Waals surface area contributed by atoms with E-state index in [9.17, 15) is 13.2 Å². The molecule has 1 saturated carbocycles. The zero-order valence-corrected chi connectivity index (χ0v) is 17.2. The van der Waals surface area contributed by atoms with Crippen molar-refractivity contribution in [2.75, 3.05) is 12.4 Å². The molecule has 0 spiro atoms. The zero-order valence-electron chi connectivity index (χ0n) is 17.2. The molecule has 1 aliphatic rings. The summed E-state index contributed by atoms with van der Waals surface area (Å²) in [5.41, 5.74) is 2.11. The summed E-state index contributed by atoms with van der Waals surface area (Å²) in [7, 11) is 1.51. The van der Waals surface area contributed by atoms with Crippen LogP contribution in [0.25, 0.3) is 27.8 Å². The van der Waals surface area contributed by atoms with E-state index in [2.05, 4.69) is 30.0 Å². The molecule has 5 rings (SSSR count). The van der Waals surface area contributed by atoms with Crippen LogP contribution in [0.4, 0.5) is 19.1 Å². The van der Waals surface area contributed by atoms with Crippen LogP contribution in [0.5, 0.6) is 5.88 Å². The summed E-state index contributed by atoms with van der Waals surface area (Å²) in [5, 5.41) is 3.89. The second kappa shape index (κ2) is 8.30. The second-order valence-corrected chi connectivity index (χ2v) is 7.73. The zero-order chi connectivity index (χ0) is 22.2. The highest BCUT2D eigenvalue weighted by atomic mass is 19.3. The summed E-state index contributed by atoms with van der Waals surface area (Å²) < 4.78 is 51.0. The molecule has 1 aliphatic carbocycles. The summed E-state index contributed by atoms with van der Waals surface area (Å²) in [5.74, 6) is 0.276. The van der Waals surface area contributed by atoms with Gasteiger partial charge in [-0.05, 0) is 31.7 Å². The Hall–Kier alpha value is -3.34. The Labute approximate surface area is 180 Å². The van der Waals surface area contributed by atoms with Crippen molar-refractivity contribution in [2.45, 2.75) is 44.4 Å². The maximum absolute atomic E-state index is 14.5. The molecule has 2 N–H and O–H groups in total. The van der Waals surface area contributed by atoms with Gasteiger partial charge in [-0.3, -0.25) is 0 Å². The minimum Gasteiger partial charge on any atom is -0.480 e. The number of rotatable bonds is 6. The number of anilines is 1. The number of pyridine rings is 1. The Kier molecular flexibility index (Phi) is 5.33. The minimum absolute atomic E-state index is 0.0434. The highest BCUT2D eigenvalue weighted by Crippen LogP contribution is 2.35. The van der Waals surface area contributed by atoms with Gasteiger partial charge in [-0.2, -0.15) is 18.7 Å². The van der Waals surface area contributed by atoms with Crippen LogP contribution >= 0.6 is 0 Å². The van der Waals surface area contributed by atoms with E-state index in [0.717, 1.165) is 0 Å². The van der Waals surface area contributed by atoms with Crippen molar-refractivity contribution in [3.05, 3.63) is 36.7 Å². The van der Waals surface area contributed by atoms with E-state index in [1.807, 2.05) is 0 Å². The van der Waals surface area contributed by atoms with Gasteiger partial charge < -0.3 is 24.2 Å². The van der Waals surface area contributed by atoms with Crippen molar-refractivity contribution in [1.82, 2.24) is 24.3 Å². The average molecular weight is 446 g/mol. The molecular formula is C21H21F3N6O2. The molecule has 0 aliphatic heterocycles. The maximum Gasteiger partial charge on any atom is 0.345 e. The topological polar surface area (TPSA) is 89.4 Å². The summed E-state index contributed by atoms with van der Waals surface area (Å²) in [6, 6.07) is 1.46. The van der Waals surface area contributed by atoms with Gasteiger partial charge in [0.2, 0.25) is 11.8 Å². The third-order valence-corrected chi connectivity index (χ3v) is 5.75. The number of halogens is 3. The molecule has 1 fully saturated rings. The maximum atomic E-state index is 14.5. The summed E-state index contributed by atoms with van der Waals surface area (Å²) in [4.78, 5) is 16.1. The number of aromatic amines is 1. The van der Waals surface area contributed by atoms with E-state index in [4.69, 9.17) is 4.74 Å². The van der Waals surface area contributed by atoms with Gasteiger partial charge in [-0.1, -0.05) is 0 Å². The number of aromatic nitrogens is 5. The first-order chi connectivity index (χ1) is 15.5. The van der Waals surface area contributed by atoms with Crippen molar-refractivity contribution in [1.29, 1.82) is 0 Å². The fraction of sp³-hybridized carbons (Fsp3) is 0.381. The first-order valence-electron chi connectivity index (χ1n) is 10.3. The van der Waals surface area contributed by atoms with Gasteiger partial charge in [0, 0.05) is 42.0 Å². The molecule has 0 bridgehead atoms. The van der Waals surface area contributed by atoms with Crippen LogP contribution in [-0.4, -0.2) is 50.2 Å². The molecule has 0 amide bonds. The van der Waals surface area contributed by atoms with Gasteiger partial charge in [0.15, 0.2) is 11.5 Å². The van der Waals surface area contributed by atoms with Crippen molar-refractivity contribution in [3.8, 4) is 17.0 Å². The SMILES string of the molecule is COc1nc(NC2CCC(OC(F)F)CC2)nc2[nH]cc(-c3cc(F)c4nccn4c3)c12. The van der Waals surface area contributed by atoms with Gasteiger partial charge in [0.05, 0.1) is 18.6 Å². The molecular weight excluding hydrogens is 425 g/mol. The Bertz CT molecular complexity index is 1250. The van der Waals surface area contributed by atoms with E-state index >= 15 is 0 Å². The molecule has 4 heterocycles. The quantitative estimate of drug-likeness (QED) is 0.457. The van der Waals surface area contributed by atoms with Crippen molar-refractivity contribution in [2.24, 2.45) is 0 Å². The minimum atomic E-state index is -2.75. The molecule has 0 saturated heterocycles. The van der Waals surface area contributed by atoms with Crippen molar-refractivity contribution < 1.29 is 22.6 Å². The van der Waals surface area contributed by atoms with Crippen LogP contribution in [0.2, 0.25) is 0 Å². The van der Waals surface area contributed by atoms with Gasteiger partial charge in [-0.15, -0.1) is 0 Å². The predicted octanol–water partition coefficient (Wildman–Crippen LogP) is 4.38. The van der Waals surface area contributed by atoms with Gasteiger partial charge >= 0.3 is 6.61 Å². The molecule has 0 radical (unpaired) electrons. The number of alkyl halides is 2. The third kappa shape index (κ3) is 3.83. The van der Waals surface area contributed by atoms with Crippen molar-refractivity contribution in [3.63, 3.8) is 0 Å². The molecule has 0 unspecified atom stereocenters. The van der Waals surface area contributed by atoms with Gasteiger partial charge in [-0.25, -0.2) is 9.37 Å². The molecule has 0 atom stereocenters. The molecule has 11 heteroatoms. The smallest absolute Gasteiger partial charge is 0.345 e. The van der Waals surface area contributed by atoms with Crippen LogP contribution in [0, 0.1) is 5.82 Å². The monoisotopic (exact) mass is 446 g/mol. The number of fused-ring (bicyclic) bond motifs is 2. The summed E-state index contributed by atoms with van der Waals surface area (Å²) >= 11 is 0. The lowest BCUT2D eigenvalue weighted by molar-refractivity contribution is -0.169. The summed E-state index contributed by atoms with van der Waals surface area (Å²) in [6.45, 7) is -2.75. The largest absolute Gasteiger partial charge is 0.480 e. The normalized spacial score (nSPS) is 19.2. The van der Waals surface area contributed by atoms with E-state index in [1.54, 1.807) is 23.0 Å². The first-order valence-corrected chi connectivity index (χ1v) is 10.3. The van der Waals surface area contributed by atoms with Crippen molar-refractivity contribution >= 4 is 22.6 Å². The number of hydrogen-bond donors (Lipinski definition) is 2. The van der Waals surface area contributed by atoms with Gasteiger partial charge in [0.25, 0.3) is 0 Å². The Balaban J connectivity index is 1.42. The Morgan fingerprint density at radius 2 is 2.03 bits per heavy atom. The van der Waals surface area contributed by atoms with Crippen LogP contribution in [0.1, 0.15) is 25.7 Å². The molecule has 32 heavy (non-hydrogen) atoms. The fourth-order valence-electron chi connectivity index (χ4n) is 4.25. The molecule has 4 aromatic rings. The van der Waals surface area contributed by atoms with E-state index in [-0.39, 0.29) is 11.7 Å². The second-order valence-electron chi connectivity index (χ2n) is 7.73. The van der Waals surface area contributed by atoms with Crippen LogP contribution in [0.15, 0.2) is 30.9 Å². The number of methoxy groups -OCH3 is 1. The lowest BCUT2D eigenvalue weighted by Gasteiger charge is -2.28. The fourth-order valence-corrected chi connectivity index (χ4v) is 4.25. The molecule has 0 aromatic carbocycles. The van der Waals surface area contributed by atoms with Gasteiger partial charge in [0.1, 0.15) is 5.65 Å². The predicted molar refractivity (Wildman–Crippen MR) is 111 cm³/mol. The number of hydrogen-bond acceptors (Lipinski definition) is 6. The highest BCUT2D eigenvalue weighted by molar-refractivity contribution is 5.97. The highest BCUT2D eigenvalue weighted by Gasteiger charge is 2.25. The number of nitrogens with one attached hydrogen (secondary N) is 2. The standard InChI is InChI=1S/C21H21F3N6O2/c1-31-19-16-14(11-8-15(22)18-25-6-7-30(18)10-11)9-26-17(16)28-21(29-19)27-12-2-4-13(5-3-12)32-20(23)24/h6-10,12-13,20H,2-5H2,1H3,(H2,26,27,28,29). The number of imidazole rings is 1. The van der Waals surface area contributed by atoms with Crippen LogP contribution in [-0.2, 0) is 4.74 Å². The first kappa shape index (κ1) is 20.6. The average Bonchev–Trinajstić information content (AvgIpc) is 3.41. The Morgan fingerprint density at radius 3 is 2.78 bits per heavy atom. The van der Waals surface area contributed by atoms with Crippen LogP contribution < -0.4 is 10.1 Å². The lowest BCUT2D eigenvalue weighted by atomic mass is 9.93.